The minimum Gasteiger partial charge on any atom is -0.333 e. The number of hydrogen-bond acceptors (Lipinski definition) is 3. The van der Waals surface area contributed by atoms with E-state index in [9.17, 15) is 4.79 Å². The lowest BCUT2D eigenvalue weighted by Crippen LogP contribution is -2.63. The number of aromatic nitrogens is 2. The summed E-state index contributed by atoms with van der Waals surface area (Å²) in [6.07, 6.45) is 4.20. The van der Waals surface area contributed by atoms with Gasteiger partial charge in [0.15, 0.2) is 0 Å². The Bertz CT molecular complexity index is 1370. The second-order valence-electron chi connectivity index (χ2n) is 9.13. The molecule has 0 aliphatic carbocycles. The molecule has 172 valence electrons. The number of piperazine rings is 1. The van der Waals surface area contributed by atoms with E-state index in [1.807, 2.05) is 59.5 Å². The Hall–Kier alpha value is -2.86. The van der Waals surface area contributed by atoms with Crippen LogP contribution in [0.3, 0.4) is 0 Å². The third kappa shape index (κ3) is 3.88. The number of nitrogens with zero attached hydrogens (tertiary/aromatic N) is 4. The average Bonchev–Trinajstić information content (AvgIpc) is 3.23. The lowest BCUT2D eigenvalue weighted by molar-refractivity contribution is -0.0159. The van der Waals surface area contributed by atoms with E-state index in [0.29, 0.717) is 21.7 Å². The van der Waals surface area contributed by atoms with Gasteiger partial charge in [-0.1, -0.05) is 47.5 Å². The first kappa shape index (κ1) is 21.7. The molecule has 3 fully saturated rings. The maximum Gasteiger partial charge on any atom is 0.254 e. The molecule has 0 N–H and O–H groups in total. The van der Waals surface area contributed by atoms with Crippen molar-refractivity contribution in [2.45, 2.75) is 31.5 Å². The van der Waals surface area contributed by atoms with Gasteiger partial charge in [0.2, 0.25) is 0 Å². The Labute approximate surface area is 208 Å². The van der Waals surface area contributed by atoms with Crippen LogP contribution in [0.25, 0.3) is 16.9 Å². The highest BCUT2D eigenvalue weighted by Gasteiger charge is 2.41. The number of imidazole rings is 1. The van der Waals surface area contributed by atoms with Crippen LogP contribution in [0.1, 0.15) is 28.9 Å². The van der Waals surface area contributed by atoms with Crippen LogP contribution in [0.5, 0.6) is 0 Å². The number of hydrogen-bond donors (Lipinski definition) is 0. The average molecular weight is 491 g/mol. The lowest BCUT2D eigenvalue weighted by Gasteiger charge is -2.51. The Balaban J connectivity index is 1.29. The Kier molecular flexibility index (Phi) is 5.56. The van der Waals surface area contributed by atoms with Gasteiger partial charge >= 0.3 is 0 Å². The number of carbonyl (C=O) groups excluding carboxylic acids is 1. The van der Waals surface area contributed by atoms with Gasteiger partial charge in [0.05, 0.1) is 11.4 Å². The van der Waals surface area contributed by atoms with Crippen LogP contribution in [0.2, 0.25) is 10.0 Å². The molecule has 7 heteroatoms. The van der Waals surface area contributed by atoms with Crippen molar-refractivity contribution in [1.82, 2.24) is 19.2 Å². The van der Waals surface area contributed by atoms with E-state index in [-0.39, 0.29) is 11.9 Å². The molecule has 5 heterocycles. The summed E-state index contributed by atoms with van der Waals surface area (Å²) in [5, 5.41) is 1.31. The first-order valence-corrected chi connectivity index (χ1v) is 12.3. The van der Waals surface area contributed by atoms with Crippen LogP contribution in [0.15, 0.2) is 72.9 Å². The number of carbonyl (C=O) groups is 1. The maximum absolute atomic E-state index is 13.2. The summed E-state index contributed by atoms with van der Waals surface area (Å²) in [6.45, 7) is 2.38. The summed E-state index contributed by atoms with van der Waals surface area (Å²) < 4.78 is 2.18. The number of benzene rings is 2. The van der Waals surface area contributed by atoms with E-state index in [0.717, 1.165) is 55.1 Å². The molecule has 7 rings (SSSR count). The molecular formula is C27H24Cl2N4O. The van der Waals surface area contributed by atoms with Crippen molar-refractivity contribution < 1.29 is 4.79 Å². The summed E-state index contributed by atoms with van der Waals surface area (Å²) in [5.41, 5.74) is 4.80. The number of rotatable bonds is 4. The SMILES string of the molecule is O=C(c1cccc(Cl)c1)N1CC2CCC1CN2Cc1c(-c2ccc(Cl)cc2)nc2ccccn12. The molecule has 0 saturated carbocycles. The van der Waals surface area contributed by atoms with Crippen molar-refractivity contribution >= 4 is 34.8 Å². The van der Waals surface area contributed by atoms with Gasteiger partial charge in [-0.05, 0) is 55.3 Å². The predicted molar refractivity (Wildman–Crippen MR) is 135 cm³/mol. The van der Waals surface area contributed by atoms with E-state index < -0.39 is 0 Å². The minimum absolute atomic E-state index is 0.0773. The number of amides is 1. The number of pyridine rings is 1. The normalized spacial score (nSPS) is 20.2. The molecule has 2 aromatic heterocycles. The lowest BCUT2D eigenvalue weighted by atomic mass is 9.89. The highest BCUT2D eigenvalue weighted by atomic mass is 35.5. The van der Waals surface area contributed by atoms with E-state index >= 15 is 0 Å². The van der Waals surface area contributed by atoms with Crippen molar-refractivity contribution in [3.8, 4) is 11.3 Å². The van der Waals surface area contributed by atoms with Gasteiger partial charge in [0.1, 0.15) is 5.65 Å². The summed E-state index contributed by atoms with van der Waals surface area (Å²) in [4.78, 5) is 22.7. The molecule has 2 unspecified atom stereocenters. The van der Waals surface area contributed by atoms with Gasteiger partial charge in [-0.3, -0.25) is 9.69 Å². The Morgan fingerprint density at radius 1 is 0.912 bits per heavy atom. The zero-order valence-electron chi connectivity index (χ0n) is 18.6. The fraction of sp³-hybridized carbons (Fsp3) is 0.259. The fourth-order valence-corrected chi connectivity index (χ4v) is 5.69. The first-order valence-electron chi connectivity index (χ1n) is 11.6. The highest BCUT2D eigenvalue weighted by Crippen LogP contribution is 2.34. The first-order chi connectivity index (χ1) is 16.6. The second kappa shape index (κ2) is 8.73. The fourth-order valence-electron chi connectivity index (χ4n) is 5.37. The van der Waals surface area contributed by atoms with Crippen molar-refractivity contribution in [1.29, 1.82) is 0 Å². The number of fused-ring (bicyclic) bond motifs is 4. The molecule has 0 radical (unpaired) electrons. The van der Waals surface area contributed by atoms with E-state index in [2.05, 4.69) is 15.5 Å². The predicted octanol–water partition coefficient (Wildman–Crippen LogP) is 5.80. The van der Waals surface area contributed by atoms with Gasteiger partial charge < -0.3 is 9.30 Å². The Morgan fingerprint density at radius 2 is 1.74 bits per heavy atom. The van der Waals surface area contributed by atoms with Crippen molar-refractivity contribution in [3.05, 3.63) is 94.2 Å². The third-order valence-electron chi connectivity index (χ3n) is 7.07. The summed E-state index contributed by atoms with van der Waals surface area (Å²) in [7, 11) is 0. The molecular weight excluding hydrogens is 467 g/mol. The molecule has 34 heavy (non-hydrogen) atoms. The van der Waals surface area contributed by atoms with E-state index in [1.54, 1.807) is 12.1 Å². The molecule has 2 aromatic carbocycles. The van der Waals surface area contributed by atoms with Gasteiger partial charge in [0, 0.05) is 59.1 Å². The topological polar surface area (TPSA) is 40.9 Å². The van der Waals surface area contributed by atoms with Crippen LogP contribution in [-0.2, 0) is 6.54 Å². The van der Waals surface area contributed by atoms with E-state index in [4.69, 9.17) is 28.2 Å². The molecule has 3 aliphatic rings. The van der Waals surface area contributed by atoms with Gasteiger partial charge in [-0.2, -0.15) is 0 Å². The quantitative estimate of drug-likeness (QED) is 0.363. The maximum atomic E-state index is 13.2. The summed E-state index contributed by atoms with van der Waals surface area (Å²) in [6, 6.07) is 21.8. The summed E-state index contributed by atoms with van der Waals surface area (Å²) >= 11 is 12.3. The molecule has 0 spiro atoms. The molecule has 5 nitrogen and oxygen atoms in total. The Morgan fingerprint density at radius 3 is 2.50 bits per heavy atom. The molecule has 4 aromatic rings. The van der Waals surface area contributed by atoms with Gasteiger partial charge in [0.25, 0.3) is 5.91 Å². The van der Waals surface area contributed by atoms with Crippen LogP contribution in [0.4, 0.5) is 0 Å². The minimum atomic E-state index is 0.0773. The van der Waals surface area contributed by atoms with Gasteiger partial charge in [-0.25, -0.2) is 4.98 Å². The van der Waals surface area contributed by atoms with Crippen LogP contribution in [-0.4, -0.2) is 50.3 Å². The van der Waals surface area contributed by atoms with Crippen LogP contribution < -0.4 is 0 Å². The van der Waals surface area contributed by atoms with Crippen LogP contribution >= 0.6 is 23.2 Å². The van der Waals surface area contributed by atoms with Crippen molar-refractivity contribution in [3.63, 3.8) is 0 Å². The molecule has 1 amide bonds. The third-order valence-corrected chi connectivity index (χ3v) is 7.56. The highest BCUT2D eigenvalue weighted by molar-refractivity contribution is 6.31. The molecule has 3 saturated heterocycles. The van der Waals surface area contributed by atoms with Crippen LogP contribution in [0, 0.1) is 0 Å². The largest absolute Gasteiger partial charge is 0.333 e. The number of piperidine rings is 2. The van der Waals surface area contributed by atoms with E-state index in [1.165, 1.54) is 0 Å². The number of halogens is 2. The molecule has 3 aliphatic heterocycles. The van der Waals surface area contributed by atoms with Crippen molar-refractivity contribution in [2.24, 2.45) is 0 Å². The smallest absolute Gasteiger partial charge is 0.254 e. The summed E-state index contributed by atoms with van der Waals surface area (Å²) in [5.74, 6) is 0.0773. The second-order valence-corrected chi connectivity index (χ2v) is 10.00. The van der Waals surface area contributed by atoms with Crippen molar-refractivity contribution in [2.75, 3.05) is 13.1 Å². The van der Waals surface area contributed by atoms with Gasteiger partial charge in [-0.15, -0.1) is 0 Å². The monoisotopic (exact) mass is 490 g/mol. The molecule has 2 atom stereocenters. The standard InChI is InChI=1S/C27H24Cl2N4O/c28-20-9-7-18(8-10-20)26-24(32-13-2-1-6-25(32)30-26)17-31-15-23-12-11-22(31)16-33(23)27(34)19-4-3-5-21(29)14-19/h1-10,13-14,22-23H,11-12,15-17H2. The zero-order chi connectivity index (χ0) is 23.2. The zero-order valence-corrected chi connectivity index (χ0v) is 20.1. The molecule has 2 bridgehead atoms.